The lowest BCUT2D eigenvalue weighted by atomic mass is 9.86. The molecule has 3 heteroatoms. The molecule has 0 aromatic heterocycles. The van der Waals surface area contributed by atoms with Gasteiger partial charge in [0.2, 0.25) is 0 Å². The molecule has 0 aliphatic heterocycles. The summed E-state index contributed by atoms with van der Waals surface area (Å²) in [6.45, 7) is 3.92. The number of nitrogens with zero attached hydrogens (tertiary/aromatic N) is 1. The second-order valence-electron chi connectivity index (χ2n) is 5.37. The Hall–Kier alpha value is -1.51. The molecule has 104 valence electrons. The van der Waals surface area contributed by atoms with E-state index in [0.29, 0.717) is 5.96 Å². The lowest BCUT2D eigenvalue weighted by Gasteiger charge is -2.23. The summed E-state index contributed by atoms with van der Waals surface area (Å²) in [5, 5.41) is 3.19. The summed E-state index contributed by atoms with van der Waals surface area (Å²) >= 11 is 0. The number of nitrogens with two attached hydrogens (primary N) is 1. The number of nitrogens with one attached hydrogen (secondary N) is 1. The van der Waals surface area contributed by atoms with Crippen molar-refractivity contribution in [3.8, 4) is 0 Å². The van der Waals surface area contributed by atoms with Gasteiger partial charge in [-0.25, -0.2) is 0 Å². The van der Waals surface area contributed by atoms with Crippen LogP contribution in [-0.2, 0) is 12.8 Å². The van der Waals surface area contributed by atoms with Crippen molar-refractivity contribution in [1.82, 2.24) is 5.32 Å². The van der Waals surface area contributed by atoms with Crippen LogP contribution in [0.5, 0.6) is 0 Å². The Labute approximate surface area is 116 Å². The van der Waals surface area contributed by atoms with E-state index < -0.39 is 0 Å². The zero-order valence-electron chi connectivity index (χ0n) is 11.9. The Kier molecular flexibility index (Phi) is 5.25. The largest absolute Gasteiger partial charge is 0.370 e. The van der Waals surface area contributed by atoms with Crippen LogP contribution in [0.1, 0.15) is 37.3 Å². The van der Waals surface area contributed by atoms with Crippen LogP contribution in [0.25, 0.3) is 0 Å². The van der Waals surface area contributed by atoms with Gasteiger partial charge in [0.25, 0.3) is 0 Å². The molecule has 19 heavy (non-hydrogen) atoms. The molecule has 2 rings (SSSR count). The van der Waals surface area contributed by atoms with Gasteiger partial charge in [-0.05, 0) is 42.7 Å². The molecule has 0 radical (unpaired) electrons. The van der Waals surface area contributed by atoms with Crippen LogP contribution in [0.4, 0.5) is 0 Å². The summed E-state index contributed by atoms with van der Waals surface area (Å²) < 4.78 is 0. The first kappa shape index (κ1) is 13.9. The highest BCUT2D eigenvalue weighted by atomic mass is 15.1. The molecule has 3 nitrogen and oxygen atoms in total. The van der Waals surface area contributed by atoms with Crippen molar-refractivity contribution in [3.63, 3.8) is 0 Å². The third kappa shape index (κ3) is 4.58. The third-order valence-electron chi connectivity index (χ3n) is 3.90. The molecular weight excluding hydrogens is 234 g/mol. The van der Waals surface area contributed by atoms with Crippen molar-refractivity contribution in [2.45, 2.75) is 39.0 Å². The van der Waals surface area contributed by atoms with E-state index in [-0.39, 0.29) is 0 Å². The molecule has 0 unspecified atom stereocenters. The van der Waals surface area contributed by atoms with Gasteiger partial charge in [0, 0.05) is 13.1 Å². The van der Waals surface area contributed by atoms with Crippen LogP contribution in [0.2, 0.25) is 0 Å². The van der Waals surface area contributed by atoms with Crippen molar-refractivity contribution in [2.75, 3.05) is 13.1 Å². The Balaban J connectivity index is 1.66. The Bertz CT molecular complexity index is 405. The van der Waals surface area contributed by atoms with E-state index in [1.165, 1.54) is 30.4 Å². The quantitative estimate of drug-likeness (QED) is 0.609. The summed E-state index contributed by atoms with van der Waals surface area (Å²) in [6.07, 6.45) is 6.09. The van der Waals surface area contributed by atoms with Crippen LogP contribution in [0, 0.1) is 5.92 Å². The normalized spacial score (nSPS) is 16.2. The van der Waals surface area contributed by atoms with Crippen LogP contribution in [-0.4, -0.2) is 19.0 Å². The summed E-state index contributed by atoms with van der Waals surface area (Å²) in [6, 6.07) is 8.79. The van der Waals surface area contributed by atoms with Crippen molar-refractivity contribution in [2.24, 2.45) is 16.6 Å². The fourth-order valence-corrected chi connectivity index (χ4v) is 2.24. The summed E-state index contributed by atoms with van der Waals surface area (Å²) in [4.78, 5) is 4.39. The summed E-state index contributed by atoms with van der Waals surface area (Å²) in [5.74, 6) is 1.37. The van der Waals surface area contributed by atoms with E-state index in [1.54, 1.807) is 0 Å². The van der Waals surface area contributed by atoms with E-state index in [9.17, 15) is 0 Å². The van der Waals surface area contributed by atoms with Crippen LogP contribution < -0.4 is 11.1 Å². The number of aliphatic imine (C=N–C) groups is 1. The highest BCUT2D eigenvalue weighted by molar-refractivity contribution is 5.77. The second-order valence-corrected chi connectivity index (χ2v) is 5.37. The van der Waals surface area contributed by atoms with E-state index in [2.05, 4.69) is 41.5 Å². The maximum Gasteiger partial charge on any atom is 0.188 e. The molecule has 1 saturated carbocycles. The van der Waals surface area contributed by atoms with Crippen LogP contribution >= 0.6 is 0 Å². The van der Waals surface area contributed by atoms with Crippen molar-refractivity contribution >= 4 is 5.96 Å². The molecule has 1 aromatic rings. The van der Waals surface area contributed by atoms with Gasteiger partial charge in [-0.2, -0.15) is 0 Å². The van der Waals surface area contributed by atoms with E-state index in [4.69, 9.17) is 5.73 Å². The Morgan fingerprint density at radius 3 is 2.53 bits per heavy atom. The molecule has 1 aliphatic carbocycles. The number of aryl methyl sites for hydroxylation is 1. The number of hydrogen-bond donors (Lipinski definition) is 2. The molecule has 0 atom stereocenters. The Morgan fingerprint density at radius 2 is 1.95 bits per heavy atom. The highest BCUT2D eigenvalue weighted by Crippen LogP contribution is 2.26. The van der Waals surface area contributed by atoms with Gasteiger partial charge in [0.1, 0.15) is 0 Å². The first-order chi connectivity index (χ1) is 9.28. The molecule has 0 amide bonds. The monoisotopic (exact) mass is 259 g/mol. The van der Waals surface area contributed by atoms with Crippen molar-refractivity contribution < 1.29 is 0 Å². The average molecular weight is 259 g/mol. The maximum absolute atomic E-state index is 5.85. The van der Waals surface area contributed by atoms with Gasteiger partial charge in [-0.1, -0.05) is 37.6 Å². The first-order valence-electron chi connectivity index (χ1n) is 7.39. The van der Waals surface area contributed by atoms with Crippen molar-refractivity contribution in [1.29, 1.82) is 0 Å². The van der Waals surface area contributed by atoms with Gasteiger partial charge in [-0.15, -0.1) is 0 Å². The summed E-state index contributed by atoms with van der Waals surface area (Å²) in [5.41, 5.74) is 8.58. The fourth-order valence-electron chi connectivity index (χ4n) is 2.24. The topological polar surface area (TPSA) is 50.4 Å². The van der Waals surface area contributed by atoms with Gasteiger partial charge in [0.05, 0.1) is 0 Å². The summed E-state index contributed by atoms with van der Waals surface area (Å²) in [7, 11) is 0. The standard InChI is InChI=1S/C16H25N3/c1-2-13-6-8-14(9-7-13)10-11-18-16(17)19-12-15-4-3-5-15/h6-9,15H,2-5,10-12H2,1H3,(H3,17,18,19). The molecule has 3 N–H and O–H groups in total. The SMILES string of the molecule is CCc1ccc(CCNC(N)=NCC2CCC2)cc1. The zero-order chi connectivity index (χ0) is 13.5. The number of benzene rings is 1. The molecule has 0 spiro atoms. The lowest BCUT2D eigenvalue weighted by Crippen LogP contribution is -2.34. The number of rotatable bonds is 6. The molecule has 0 bridgehead atoms. The van der Waals surface area contributed by atoms with E-state index in [1.807, 2.05) is 0 Å². The van der Waals surface area contributed by atoms with E-state index >= 15 is 0 Å². The third-order valence-corrected chi connectivity index (χ3v) is 3.90. The van der Waals surface area contributed by atoms with Crippen molar-refractivity contribution in [3.05, 3.63) is 35.4 Å². The second kappa shape index (κ2) is 7.17. The highest BCUT2D eigenvalue weighted by Gasteiger charge is 2.16. The van der Waals surface area contributed by atoms with Gasteiger partial charge in [0.15, 0.2) is 5.96 Å². The van der Waals surface area contributed by atoms with Gasteiger partial charge >= 0.3 is 0 Å². The first-order valence-corrected chi connectivity index (χ1v) is 7.39. The molecule has 1 fully saturated rings. The molecule has 0 heterocycles. The molecular formula is C16H25N3. The smallest absolute Gasteiger partial charge is 0.188 e. The lowest BCUT2D eigenvalue weighted by molar-refractivity contribution is 0.326. The zero-order valence-corrected chi connectivity index (χ0v) is 11.9. The minimum atomic E-state index is 0.595. The predicted octanol–water partition coefficient (Wildman–Crippen LogP) is 2.50. The van der Waals surface area contributed by atoms with Gasteiger partial charge < -0.3 is 11.1 Å². The van der Waals surface area contributed by atoms with Crippen LogP contribution in [0.15, 0.2) is 29.3 Å². The number of hydrogen-bond acceptors (Lipinski definition) is 1. The molecule has 1 aliphatic rings. The minimum absolute atomic E-state index is 0.595. The minimum Gasteiger partial charge on any atom is -0.370 e. The average Bonchev–Trinajstić information content (AvgIpc) is 2.38. The van der Waals surface area contributed by atoms with E-state index in [0.717, 1.165) is 31.8 Å². The Morgan fingerprint density at radius 1 is 1.26 bits per heavy atom. The molecule has 1 aromatic carbocycles. The van der Waals surface area contributed by atoms with Gasteiger partial charge in [-0.3, -0.25) is 4.99 Å². The van der Waals surface area contributed by atoms with Crippen LogP contribution in [0.3, 0.4) is 0 Å². The molecule has 0 saturated heterocycles. The fraction of sp³-hybridized carbons (Fsp3) is 0.562. The predicted molar refractivity (Wildman–Crippen MR) is 81.4 cm³/mol. The number of guanidine groups is 1. The maximum atomic E-state index is 5.85.